The van der Waals surface area contributed by atoms with Gasteiger partial charge in [0.1, 0.15) is 0 Å². The van der Waals surface area contributed by atoms with E-state index in [0.29, 0.717) is 18.7 Å². The van der Waals surface area contributed by atoms with E-state index in [1.807, 2.05) is 43.3 Å². The molecule has 0 heterocycles. The number of hydrogen-bond acceptors (Lipinski definition) is 3. The molecule has 2 aromatic carbocycles. The summed E-state index contributed by atoms with van der Waals surface area (Å²) in [6.45, 7) is 3.21. The lowest BCUT2D eigenvalue weighted by Gasteiger charge is -2.12. The summed E-state index contributed by atoms with van der Waals surface area (Å²) >= 11 is 0. The summed E-state index contributed by atoms with van der Waals surface area (Å²) in [5.74, 6) is 0. The number of nitrogens with one attached hydrogen (secondary N) is 1. The molecule has 0 saturated carbocycles. The molecule has 0 spiro atoms. The van der Waals surface area contributed by atoms with Crippen molar-refractivity contribution in [1.29, 1.82) is 5.26 Å². The van der Waals surface area contributed by atoms with Crippen molar-refractivity contribution in [2.75, 3.05) is 6.54 Å². The molecule has 0 fully saturated rings. The van der Waals surface area contributed by atoms with Gasteiger partial charge in [0.05, 0.1) is 17.7 Å². The van der Waals surface area contributed by atoms with Crippen molar-refractivity contribution in [2.24, 2.45) is 0 Å². The van der Waals surface area contributed by atoms with Crippen LogP contribution in [0.15, 0.2) is 48.5 Å². The Bertz CT molecular complexity index is 582. The van der Waals surface area contributed by atoms with Crippen molar-refractivity contribution in [1.82, 2.24) is 5.32 Å². The molecule has 20 heavy (non-hydrogen) atoms. The average Bonchev–Trinajstić information content (AvgIpc) is 2.48. The molecule has 102 valence electrons. The fraction of sp³-hybridized carbons (Fsp3) is 0.235. The Balaban J connectivity index is 1.83. The van der Waals surface area contributed by atoms with Gasteiger partial charge in [0.25, 0.3) is 0 Å². The topological polar surface area (TPSA) is 56.0 Å². The van der Waals surface area contributed by atoms with Gasteiger partial charge in [-0.05, 0) is 30.2 Å². The number of aliphatic hydroxyl groups is 1. The van der Waals surface area contributed by atoms with Crippen LogP contribution in [0.2, 0.25) is 0 Å². The maximum absolute atomic E-state index is 10.1. The summed E-state index contributed by atoms with van der Waals surface area (Å²) in [4.78, 5) is 0. The molecule has 0 aromatic heterocycles. The van der Waals surface area contributed by atoms with Crippen LogP contribution >= 0.6 is 0 Å². The third kappa shape index (κ3) is 3.92. The highest BCUT2D eigenvalue weighted by molar-refractivity contribution is 5.31. The van der Waals surface area contributed by atoms with Crippen LogP contribution in [0.1, 0.15) is 28.4 Å². The first-order valence-electron chi connectivity index (χ1n) is 6.63. The number of hydrogen-bond donors (Lipinski definition) is 2. The molecule has 0 aliphatic rings. The second kappa shape index (κ2) is 6.85. The molecule has 0 aliphatic heterocycles. The third-order valence-electron chi connectivity index (χ3n) is 3.21. The molecular formula is C17H18N2O. The Morgan fingerprint density at radius 3 is 2.35 bits per heavy atom. The quantitative estimate of drug-likeness (QED) is 0.874. The van der Waals surface area contributed by atoms with Crippen molar-refractivity contribution < 1.29 is 5.11 Å². The molecule has 2 aromatic rings. The van der Waals surface area contributed by atoms with E-state index in [1.165, 1.54) is 5.56 Å². The molecule has 3 nitrogen and oxygen atoms in total. The van der Waals surface area contributed by atoms with Gasteiger partial charge in [-0.2, -0.15) is 5.26 Å². The highest BCUT2D eigenvalue weighted by atomic mass is 16.3. The summed E-state index contributed by atoms with van der Waals surface area (Å²) in [7, 11) is 0. The van der Waals surface area contributed by atoms with E-state index in [-0.39, 0.29) is 0 Å². The fourth-order valence-electron chi connectivity index (χ4n) is 1.96. The van der Waals surface area contributed by atoms with E-state index in [9.17, 15) is 5.11 Å². The minimum atomic E-state index is -0.506. The van der Waals surface area contributed by atoms with Gasteiger partial charge in [0, 0.05) is 13.1 Å². The maximum atomic E-state index is 10.1. The molecule has 0 bridgehead atoms. The highest BCUT2D eigenvalue weighted by Gasteiger charge is 2.06. The van der Waals surface area contributed by atoms with Crippen molar-refractivity contribution in [2.45, 2.75) is 19.6 Å². The second-order valence-electron chi connectivity index (χ2n) is 4.87. The normalized spacial score (nSPS) is 11.8. The molecule has 0 unspecified atom stereocenters. The molecule has 2 rings (SSSR count). The maximum Gasteiger partial charge on any atom is 0.0991 e. The number of rotatable bonds is 5. The Hall–Kier alpha value is -2.15. The standard InChI is InChI=1S/C17H18N2O/c1-13-2-8-16(9-3-13)17(20)12-19-11-15-6-4-14(10-18)5-7-15/h2-9,17,19-20H,11-12H2,1H3/t17-/m0/s1. The van der Waals surface area contributed by atoms with Crippen LogP contribution < -0.4 is 5.32 Å². The number of benzene rings is 2. The molecule has 0 radical (unpaired) electrons. The number of nitriles is 1. The molecule has 3 heteroatoms. The lowest BCUT2D eigenvalue weighted by molar-refractivity contribution is 0.174. The Morgan fingerprint density at radius 2 is 1.75 bits per heavy atom. The first-order valence-corrected chi connectivity index (χ1v) is 6.63. The predicted octanol–water partition coefficient (Wildman–Crippen LogP) is 2.69. The second-order valence-corrected chi connectivity index (χ2v) is 4.87. The van der Waals surface area contributed by atoms with Gasteiger partial charge in [-0.1, -0.05) is 42.0 Å². The summed E-state index contributed by atoms with van der Waals surface area (Å²) in [6.07, 6.45) is -0.506. The number of aryl methyl sites for hydroxylation is 1. The zero-order valence-corrected chi connectivity index (χ0v) is 11.5. The van der Waals surface area contributed by atoms with Gasteiger partial charge in [-0.25, -0.2) is 0 Å². The number of aliphatic hydroxyl groups excluding tert-OH is 1. The van der Waals surface area contributed by atoms with Crippen LogP contribution in [0, 0.1) is 18.3 Å². The van der Waals surface area contributed by atoms with Crippen LogP contribution in [-0.2, 0) is 6.54 Å². The van der Waals surface area contributed by atoms with Crippen molar-refractivity contribution in [3.05, 3.63) is 70.8 Å². The summed E-state index contributed by atoms with van der Waals surface area (Å²) in [6, 6.07) is 17.4. The predicted molar refractivity (Wildman–Crippen MR) is 79.0 cm³/mol. The van der Waals surface area contributed by atoms with Gasteiger partial charge in [-0.15, -0.1) is 0 Å². The third-order valence-corrected chi connectivity index (χ3v) is 3.21. The largest absolute Gasteiger partial charge is 0.387 e. The lowest BCUT2D eigenvalue weighted by atomic mass is 10.1. The average molecular weight is 266 g/mol. The summed E-state index contributed by atoms with van der Waals surface area (Å²) in [5, 5.41) is 22.0. The molecule has 0 saturated heterocycles. The molecule has 1 atom stereocenters. The van der Waals surface area contributed by atoms with Gasteiger partial charge < -0.3 is 10.4 Å². The van der Waals surface area contributed by atoms with Crippen LogP contribution in [-0.4, -0.2) is 11.7 Å². The molecule has 0 amide bonds. The lowest BCUT2D eigenvalue weighted by Crippen LogP contribution is -2.21. The number of nitrogens with zero attached hydrogens (tertiary/aromatic N) is 1. The first-order chi connectivity index (χ1) is 9.69. The smallest absolute Gasteiger partial charge is 0.0991 e. The van der Waals surface area contributed by atoms with Gasteiger partial charge in [-0.3, -0.25) is 0 Å². The van der Waals surface area contributed by atoms with E-state index in [0.717, 1.165) is 11.1 Å². The summed E-state index contributed by atoms with van der Waals surface area (Å²) in [5.41, 5.74) is 3.86. The van der Waals surface area contributed by atoms with Gasteiger partial charge in [0.2, 0.25) is 0 Å². The van der Waals surface area contributed by atoms with E-state index >= 15 is 0 Å². The molecule has 2 N–H and O–H groups in total. The SMILES string of the molecule is Cc1ccc([C@@H](O)CNCc2ccc(C#N)cc2)cc1. The van der Waals surface area contributed by atoms with Gasteiger partial charge >= 0.3 is 0 Å². The Kier molecular flexibility index (Phi) is 4.89. The molecule has 0 aliphatic carbocycles. The van der Waals surface area contributed by atoms with Crippen molar-refractivity contribution in [3.8, 4) is 6.07 Å². The molecular weight excluding hydrogens is 248 g/mol. The summed E-state index contributed by atoms with van der Waals surface area (Å²) < 4.78 is 0. The van der Waals surface area contributed by atoms with Crippen LogP contribution in [0.3, 0.4) is 0 Å². The first kappa shape index (κ1) is 14.3. The van der Waals surface area contributed by atoms with E-state index in [1.54, 1.807) is 12.1 Å². The minimum absolute atomic E-state index is 0.503. The Morgan fingerprint density at radius 1 is 1.10 bits per heavy atom. The zero-order valence-electron chi connectivity index (χ0n) is 11.5. The zero-order chi connectivity index (χ0) is 14.4. The highest BCUT2D eigenvalue weighted by Crippen LogP contribution is 2.13. The van der Waals surface area contributed by atoms with Crippen LogP contribution in [0.4, 0.5) is 0 Å². The fourth-order valence-corrected chi connectivity index (χ4v) is 1.96. The van der Waals surface area contributed by atoms with E-state index in [4.69, 9.17) is 5.26 Å². The van der Waals surface area contributed by atoms with Crippen LogP contribution in [0.25, 0.3) is 0 Å². The van der Waals surface area contributed by atoms with Crippen molar-refractivity contribution >= 4 is 0 Å². The minimum Gasteiger partial charge on any atom is -0.387 e. The van der Waals surface area contributed by atoms with E-state index < -0.39 is 6.10 Å². The monoisotopic (exact) mass is 266 g/mol. The van der Waals surface area contributed by atoms with Crippen molar-refractivity contribution in [3.63, 3.8) is 0 Å². The van der Waals surface area contributed by atoms with Gasteiger partial charge in [0.15, 0.2) is 0 Å². The van der Waals surface area contributed by atoms with E-state index in [2.05, 4.69) is 11.4 Å². The van der Waals surface area contributed by atoms with Crippen LogP contribution in [0.5, 0.6) is 0 Å². The Labute approximate surface area is 119 Å².